The van der Waals surface area contributed by atoms with Gasteiger partial charge in [0.25, 0.3) is 5.56 Å². The van der Waals surface area contributed by atoms with Crippen LogP contribution in [0.5, 0.6) is 11.5 Å². The van der Waals surface area contributed by atoms with Crippen molar-refractivity contribution in [3.63, 3.8) is 0 Å². The van der Waals surface area contributed by atoms with Crippen LogP contribution >= 0.6 is 0 Å². The van der Waals surface area contributed by atoms with Gasteiger partial charge in [-0.1, -0.05) is 24.3 Å². The van der Waals surface area contributed by atoms with Crippen molar-refractivity contribution in [3.8, 4) is 22.9 Å². The molecule has 0 fully saturated rings. The van der Waals surface area contributed by atoms with E-state index < -0.39 is 29.4 Å². The average Bonchev–Trinajstić information content (AvgIpc) is 2.92. The molecule has 0 saturated heterocycles. The first kappa shape index (κ1) is 26.4. The number of hydrogen-bond donors (Lipinski definition) is 0. The molecule has 11 heteroatoms. The summed E-state index contributed by atoms with van der Waals surface area (Å²) in [6.45, 7) is 1.52. The SMILES string of the molecule is COC(=O)[C@@H](C)Oc1ccc(C=Nn2c(-c3cccc(C(F)(F)F)c3)nc3ccccc3c2=O)cc1OC. The molecule has 0 aliphatic rings. The van der Waals surface area contributed by atoms with Gasteiger partial charge < -0.3 is 14.2 Å². The van der Waals surface area contributed by atoms with E-state index in [0.29, 0.717) is 11.1 Å². The van der Waals surface area contributed by atoms with Gasteiger partial charge in [-0.3, -0.25) is 4.79 Å². The van der Waals surface area contributed by atoms with Crippen LogP contribution in [0.15, 0.2) is 76.6 Å². The Morgan fingerprint density at radius 1 is 1.03 bits per heavy atom. The number of benzene rings is 3. The second-order valence-electron chi connectivity index (χ2n) is 8.09. The van der Waals surface area contributed by atoms with E-state index in [1.54, 1.807) is 42.5 Å². The summed E-state index contributed by atoms with van der Waals surface area (Å²) in [4.78, 5) is 29.4. The Balaban J connectivity index is 1.79. The summed E-state index contributed by atoms with van der Waals surface area (Å²) in [5, 5.41) is 4.52. The van der Waals surface area contributed by atoms with Gasteiger partial charge >= 0.3 is 12.1 Å². The van der Waals surface area contributed by atoms with Gasteiger partial charge in [-0.2, -0.15) is 22.9 Å². The Kier molecular flexibility index (Phi) is 7.47. The van der Waals surface area contributed by atoms with Crippen molar-refractivity contribution in [2.45, 2.75) is 19.2 Å². The van der Waals surface area contributed by atoms with Crippen molar-refractivity contribution in [2.75, 3.05) is 14.2 Å². The maximum Gasteiger partial charge on any atom is 0.416 e. The van der Waals surface area contributed by atoms with E-state index >= 15 is 0 Å². The summed E-state index contributed by atoms with van der Waals surface area (Å²) in [5.41, 5.74) is -0.570. The fraction of sp³-hybridized carbons (Fsp3) is 0.185. The van der Waals surface area contributed by atoms with Crippen LogP contribution in [0.25, 0.3) is 22.3 Å². The van der Waals surface area contributed by atoms with E-state index in [0.717, 1.165) is 16.8 Å². The Morgan fingerprint density at radius 2 is 1.79 bits per heavy atom. The minimum atomic E-state index is -4.58. The fourth-order valence-corrected chi connectivity index (χ4v) is 3.64. The summed E-state index contributed by atoms with van der Waals surface area (Å²) in [6.07, 6.45) is -4.12. The number of para-hydroxylation sites is 1. The number of nitrogens with zero attached hydrogens (tertiary/aromatic N) is 3. The van der Waals surface area contributed by atoms with Gasteiger partial charge in [-0.15, -0.1) is 0 Å². The van der Waals surface area contributed by atoms with Gasteiger partial charge in [0, 0.05) is 5.56 Å². The molecule has 8 nitrogen and oxygen atoms in total. The molecule has 0 saturated carbocycles. The van der Waals surface area contributed by atoms with E-state index in [2.05, 4.69) is 14.8 Å². The number of esters is 1. The molecule has 0 radical (unpaired) electrons. The second-order valence-corrected chi connectivity index (χ2v) is 8.09. The van der Waals surface area contributed by atoms with Crippen molar-refractivity contribution in [1.82, 2.24) is 9.66 Å². The average molecular weight is 525 g/mol. The highest BCUT2D eigenvalue weighted by Gasteiger charge is 2.31. The van der Waals surface area contributed by atoms with Gasteiger partial charge in [-0.05, 0) is 55.0 Å². The number of rotatable bonds is 7. The lowest BCUT2D eigenvalue weighted by Crippen LogP contribution is -2.25. The molecule has 0 N–H and O–H groups in total. The minimum absolute atomic E-state index is 0.0603. The zero-order chi connectivity index (χ0) is 27.4. The van der Waals surface area contributed by atoms with Crippen LogP contribution in [-0.4, -0.2) is 42.2 Å². The van der Waals surface area contributed by atoms with Crippen LogP contribution in [0.2, 0.25) is 0 Å². The van der Waals surface area contributed by atoms with Crippen molar-refractivity contribution < 1.29 is 32.2 Å². The summed E-state index contributed by atoms with van der Waals surface area (Å²) >= 11 is 0. The molecule has 0 spiro atoms. The zero-order valence-electron chi connectivity index (χ0n) is 20.5. The quantitative estimate of drug-likeness (QED) is 0.252. The van der Waals surface area contributed by atoms with Crippen molar-refractivity contribution in [3.05, 3.63) is 88.2 Å². The molecular formula is C27H22F3N3O5. The van der Waals surface area contributed by atoms with Gasteiger partial charge in [0.15, 0.2) is 23.4 Å². The first-order valence-electron chi connectivity index (χ1n) is 11.3. The molecule has 4 rings (SSSR count). The number of halogens is 3. The number of fused-ring (bicyclic) bond motifs is 1. The highest BCUT2D eigenvalue weighted by Crippen LogP contribution is 2.32. The first-order chi connectivity index (χ1) is 18.1. The standard InChI is InChI=1S/C27H22F3N3O5/c1-16(26(35)37-3)38-22-12-11-17(13-23(22)36-2)15-31-33-24(18-7-6-8-19(14-18)27(28,29)30)32-21-10-5-4-9-20(21)25(33)34/h4-16H,1-3H3/t16-/m1/s1. The van der Waals surface area contributed by atoms with Gasteiger partial charge in [0.2, 0.25) is 0 Å². The molecule has 0 aliphatic heterocycles. The Bertz CT molecular complexity index is 1580. The van der Waals surface area contributed by atoms with Gasteiger partial charge in [0.1, 0.15) is 0 Å². The number of carbonyl (C=O) groups is 1. The smallest absolute Gasteiger partial charge is 0.416 e. The number of methoxy groups -OCH3 is 2. The Morgan fingerprint density at radius 3 is 2.50 bits per heavy atom. The Labute approximate surface area is 214 Å². The molecule has 4 aromatic rings. The molecule has 0 unspecified atom stereocenters. The fourth-order valence-electron chi connectivity index (χ4n) is 3.64. The van der Waals surface area contributed by atoms with Crippen molar-refractivity contribution in [2.24, 2.45) is 5.10 Å². The van der Waals surface area contributed by atoms with E-state index in [-0.39, 0.29) is 28.3 Å². The largest absolute Gasteiger partial charge is 0.493 e. The molecule has 1 atom stereocenters. The maximum atomic E-state index is 13.4. The molecular weight excluding hydrogens is 503 g/mol. The third kappa shape index (κ3) is 5.51. The van der Waals surface area contributed by atoms with Crippen molar-refractivity contribution in [1.29, 1.82) is 0 Å². The highest BCUT2D eigenvalue weighted by atomic mass is 19.4. The lowest BCUT2D eigenvalue weighted by molar-refractivity contribution is -0.148. The lowest BCUT2D eigenvalue weighted by atomic mass is 10.1. The number of ether oxygens (including phenoxy) is 3. The number of hydrogen-bond acceptors (Lipinski definition) is 7. The predicted molar refractivity (Wildman–Crippen MR) is 135 cm³/mol. The van der Waals surface area contributed by atoms with Crippen LogP contribution in [0.3, 0.4) is 0 Å². The Hall–Kier alpha value is -4.67. The lowest BCUT2D eigenvalue weighted by Gasteiger charge is -2.15. The molecule has 1 heterocycles. The maximum absolute atomic E-state index is 13.4. The third-order valence-corrected chi connectivity index (χ3v) is 5.55. The summed E-state index contributed by atoms with van der Waals surface area (Å²) in [5.74, 6) is -0.0682. The van der Waals surface area contributed by atoms with Gasteiger partial charge in [-0.25, -0.2) is 9.78 Å². The van der Waals surface area contributed by atoms with E-state index in [9.17, 15) is 22.8 Å². The summed E-state index contributed by atoms with van der Waals surface area (Å²) in [6, 6.07) is 15.7. The second kappa shape index (κ2) is 10.8. The van der Waals surface area contributed by atoms with Crippen LogP contribution in [0.1, 0.15) is 18.1 Å². The molecule has 1 aromatic heterocycles. The highest BCUT2D eigenvalue weighted by molar-refractivity contribution is 5.83. The van der Waals surface area contributed by atoms with Gasteiger partial charge in [0.05, 0.1) is 36.9 Å². The first-order valence-corrected chi connectivity index (χ1v) is 11.3. The molecule has 38 heavy (non-hydrogen) atoms. The third-order valence-electron chi connectivity index (χ3n) is 5.55. The summed E-state index contributed by atoms with van der Waals surface area (Å²) in [7, 11) is 2.66. The molecule has 196 valence electrons. The molecule has 0 bridgehead atoms. The minimum Gasteiger partial charge on any atom is -0.493 e. The van der Waals surface area contributed by atoms with Crippen LogP contribution < -0.4 is 15.0 Å². The predicted octanol–water partition coefficient (Wildman–Crippen LogP) is 4.91. The van der Waals surface area contributed by atoms with E-state index in [4.69, 9.17) is 9.47 Å². The van der Waals surface area contributed by atoms with E-state index in [1.807, 2.05) is 0 Å². The van der Waals surface area contributed by atoms with Crippen LogP contribution in [-0.2, 0) is 15.7 Å². The van der Waals surface area contributed by atoms with Crippen molar-refractivity contribution >= 4 is 23.1 Å². The molecule has 0 aliphatic carbocycles. The topological polar surface area (TPSA) is 92.0 Å². The normalized spacial score (nSPS) is 12.5. The van der Waals surface area contributed by atoms with Crippen LogP contribution in [0, 0.1) is 0 Å². The zero-order valence-corrected chi connectivity index (χ0v) is 20.5. The molecule has 0 amide bonds. The molecule has 3 aromatic carbocycles. The number of carbonyl (C=O) groups excluding carboxylic acids is 1. The summed E-state index contributed by atoms with van der Waals surface area (Å²) < 4.78 is 56.6. The number of alkyl halides is 3. The monoisotopic (exact) mass is 525 g/mol. The van der Waals surface area contributed by atoms with Crippen LogP contribution in [0.4, 0.5) is 13.2 Å². The van der Waals surface area contributed by atoms with E-state index in [1.165, 1.54) is 39.5 Å². The number of aromatic nitrogens is 2.